The lowest BCUT2D eigenvalue weighted by Crippen LogP contribution is -2.42. The maximum absolute atomic E-state index is 13.3. The maximum atomic E-state index is 13.3. The number of carbonyl (C=O) groups excluding carboxylic acids is 5. The van der Waals surface area contributed by atoms with E-state index in [9.17, 15) is 42.3 Å². The molecular weight excluding hydrogens is 497 g/mol. The van der Waals surface area contributed by atoms with Crippen LogP contribution in [-0.2, 0) is 19.2 Å². The summed E-state index contributed by atoms with van der Waals surface area (Å²) >= 11 is 0. The molecular formula is C25H19F3N2O7. The SMILES string of the molecule is CC1=CC(=O)C2=C(C1=O)C(c1cc(OC(F)(F)F)ccc1O)C1=CCC3C(=O)N(C(N)=O)C(=O)C3C1C2. The molecule has 1 saturated heterocycles. The van der Waals surface area contributed by atoms with Crippen molar-refractivity contribution in [1.29, 1.82) is 0 Å². The first-order valence-electron chi connectivity index (χ1n) is 11.3. The van der Waals surface area contributed by atoms with Crippen LogP contribution in [0.25, 0.3) is 0 Å². The summed E-state index contributed by atoms with van der Waals surface area (Å²) in [6, 6.07) is 1.56. The zero-order valence-corrected chi connectivity index (χ0v) is 19.2. The largest absolute Gasteiger partial charge is 0.573 e. The second-order valence-electron chi connectivity index (χ2n) is 9.35. The van der Waals surface area contributed by atoms with Crippen LogP contribution in [0.4, 0.5) is 18.0 Å². The number of nitrogens with two attached hydrogens (primary N) is 1. The highest BCUT2D eigenvalue weighted by molar-refractivity contribution is 6.24. The van der Waals surface area contributed by atoms with Crippen molar-refractivity contribution in [2.45, 2.75) is 32.0 Å². The fraction of sp³-hybridized carbons (Fsp3) is 0.320. The van der Waals surface area contributed by atoms with Crippen LogP contribution < -0.4 is 10.5 Å². The Hall–Kier alpha value is -4.22. The quantitative estimate of drug-likeness (QED) is 0.349. The van der Waals surface area contributed by atoms with E-state index in [-0.39, 0.29) is 35.1 Å². The lowest BCUT2D eigenvalue weighted by molar-refractivity contribution is -0.274. The van der Waals surface area contributed by atoms with Crippen molar-refractivity contribution in [3.8, 4) is 11.5 Å². The second kappa shape index (κ2) is 8.15. The number of alkyl halides is 3. The van der Waals surface area contributed by atoms with E-state index >= 15 is 0 Å². The van der Waals surface area contributed by atoms with Crippen molar-refractivity contribution in [1.82, 2.24) is 4.90 Å². The van der Waals surface area contributed by atoms with Crippen molar-refractivity contribution in [2.75, 3.05) is 0 Å². The molecule has 5 rings (SSSR count). The summed E-state index contributed by atoms with van der Waals surface area (Å²) in [7, 11) is 0. The molecule has 3 aliphatic carbocycles. The summed E-state index contributed by atoms with van der Waals surface area (Å²) in [6.07, 6.45) is -2.44. The predicted molar refractivity (Wildman–Crippen MR) is 118 cm³/mol. The minimum Gasteiger partial charge on any atom is -0.508 e. The summed E-state index contributed by atoms with van der Waals surface area (Å²) in [4.78, 5) is 64.3. The van der Waals surface area contributed by atoms with E-state index in [4.69, 9.17) is 5.73 Å². The Morgan fingerprint density at radius 2 is 1.84 bits per heavy atom. The number of amides is 4. The number of carbonyl (C=O) groups is 5. The number of halogens is 3. The first-order chi connectivity index (χ1) is 17.3. The molecule has 4 unspecified atom stereocenters. The van der Waals surface area contributed by atoms with Gasteiger partial charge in [0.05, 0.1) is 11.8 Å². The second-order valence-corrected chi connectivity index (χ2v) is 9.35. The first kappa shape index (κ1) is 24.5. The number of nitrogens with zero attached hydrogens (tertiary/aromatic N) is 1. The summed E-state index contributed by atoms with van der Waals surface area (Å²) in [6.45, 7) is 1.42. The molecule has 37 heavy (non-hydrogen) atoms. The Morgan fingerprint density at radius 3 is 2.49 bits per heavy atom. The van der Waals surface area contributed by atoms with Crippen LogP contribution in [0, 0.1) is 17.8 Å². The van der Waals surface area contributed by atoms with Crippen molar-refractivity contribution in [2.24, 2.45) is 23.5 Å². The molecule has 0 radical (unpaired) electrons. The summed E-state index contributed by atoms with van der Waals surface area (Å²) < 4.78 is 42.8. The van der Waals surface area contributed by atoms with Gasteiger partial charge >= 0.3 is 12.4 Å². The van der Waals surface area contributed by atoms with Crippen LogP contribution in [0.5, 0.6) is 11.5 Å². The average Bonchev–Trinajstić information content (AvgIpc) is 3.07. The normalized spacial score (nSPS) is 27.4. The number of Topliss-reactive ketones (excluding diaryl/α,β-unsaturated/α-hetero) is 1. The smallest absolute Gasteiger partial charge is 0.508 e. The molecule has 192 valence electrons. The number of hydrogen-bond donors (Lipinski definition) is 2. The number of fused-ring (bicyclic) bond motifs is 3. The van der Waals surface area contributed by atoms with Gasteiger partial charge < -0.3 is 15.6 Å². The van der Waals surface area contributed by atoms with Gasteiger partial charge in [-0.1, -0.05) is 11.6 Å². The van der Waals surface area contributed by atoms with E-state index < -0.39 is 70.9 Å². The average molecular weight is 516 g/mol. The Bertz CT molecular complexity index is 1410. The third kappa shape index (κ3) is 3.74. The Labute approximate surface area is 207 Å². The third-order valence-electron chi connectivity index (χ3n) is 7.33. The number of aromatic hydroxyl groups is 1. The third-order valence-corrected chi connectivity index (χ3v) is 7.33. The van der Waals surface area contributed by atoms with Crippen LogP contribution in [0.2, 0.25) is 0 Å². The number of primary amides is 1. The number of allylic oxidation sites excluding steroid dienone is 6. The lowest BCUT2D eigenvalue weighted by Gasteiger charge is -2.42. The van der Waals surface area contributed by atoms with E-state index in [0.717, 1.165) is 24.3 Å². The van der Waals surface area contributed by atoms with Gasteiger partial charge in [0.2, 0.25) is 11.8 Å². The van der Waals surface area contributed by atoms with Crippen LogP contribution in [0.15, 0.2) is 52.6 Å². The summed E-state index contributed by atoms with van der Waals surface area (Å²) in [5.41, 5.74) is 5.60. The van der Waals surface area contributed by atoms with Gasteiger partial charge in [0, 0.05) is 28.2 Å². The molecule has 1 aromatic rings. The van der Waals surface area contributed by atoms with Crippen LogP contribution in [0.1, 0.15) is 31.2 Å². The molecule has 4 aliphatic rings. The standard InChI is InChI=1S/C25H19F3N2O7/c1-9-6-17(32)15-8-13-11(3-4-12-19(13)23(35)30(22(12)34)24(29)36)18(20(15)21(9)33)14-7-10(2-5-16(14)31)37-25(26,27)28/h2-3,5-7,12-13,18-19,31H,4,8H2,1H3,(H2,29,36). The van der Waals surface area contributed by atoms with Crippen molar-refractivity contribution in [3.63, 3.8) is 0 Å². The molecule has 3 N–H and O–H groups in total. The van der Waals surface area contributed by atoms with Crippen molar-refractivity contribution < 1.29 is 47.0 Å². The monoisotopic (exact) mass is 516 g/mol. The van der Waals surface area contributed by atoms with Crippen LogP contribution in [0.3, 0.4) is 0 Å². The maximum Gasteiger partial charge on any atom is 0.573 e. The van der Waals surface area contributed by atoms with Gasteiger partial charge in [-0.05, 0) is 50.0 Å². The predicted octanol–water partition coefficient (Wildman–Crippen LogP) is 2.80. The highest BCUT2D eigenvalue weighted by atomic mass is 19.4. The van der Waals surface area contributed by atoms with E-state index in [1.54, 1.807) is 6.08 Å². The summed E-state index contributed by atoms with van der Waals surface area (Å²) in [5, 5.41) is 10.7. The molecule has 0 aromatic heterocycles. The molecule has 1 heterocycles. The van der Waals surface area contributed by atoms with Crippen molar-refractivity contribution >= 4 is 29.4 Å². The molecule has 0 bridgehead atoms. The minimum absolute atomic E-state index is 0.0135. The van der Waals surface area contributed by atoms with Gasteiger partial charge in [0.25, 0.3) is 0 Å². The van der Waals surface area contributed by atoms with E-state index in [2.05, 4.69) is 4.74 Å². The molecule has 1 fully saturated rings. The van der Waals surface area contributed by atoms with Gasteiger partial charge in [-0.25, -0.2) is 4.79 Å². The lowest BCUT2D eigenvalue weighted by atomic mass is 9.59. The van der Waals surface area contributed by atoms with Gasteiger partial charge in [-0.15, -0.1) is 13.2 Å². The fourth-order valence-corrected chi connectivity index (χ4v) is 5.89. The molecule has 1 aromatic carbocycles. The van der Waals surface area contributed by atoms with Crippen molar-refractivity contribution in [3.05, 3.63) is 58.2 Å². The van der Waals surface area contributed by atoms with Crippen LogP contribution in [-0.4, -0.2) is 45.8 Å². The van der Waals surface area contributed by atoms with Gasteiger partial charge in [0.15, 0.2) is 11.6 Å². The summed E-state index contributed by atoms with van der Waals surface area (Å²) in [5.74, 6) is -7.86. The van der Waals surface area contributed by atoms with E-state index in [1.807, 2.05) is 0 Å². The zero-order valence-electron chi connectivity index (χ0n) is 19.2. The fourth-order valence-electron chi connectivity index (χ4n) is 5.89. The molecule has 0 spiro atoms. The number of phenolic OH excluding ortho intramolecular Hbond substituents is 1. The number of imide groups is 3. The number of hydrogen-bond acceptors (Lipinski definition) is 7. The highest BCUT2D eigenvalue weighted by Crippen LogP contribution is 2.56. The van der Waals surface area contributed by atoms with E-state index in [1.165, 1.54) is 6.92 Å². The first-order valence-corrected chi connectivity index (χ1v) is 11.3. The Balaban J connectivity index is 1.70. The number of rotatable bonds is 2. The number of benzene rings is 1. The highest BCUT2D eigenvalue weighted by Gasteiger charge is 2.57. The molecule has 0 saturated carbocycles. The van der Waals surface area contributed by atoms with Crippen LogP contribution >= 0.6 is 0 Å². The molecule has 12 heteroatoms. The Morgan fingerprint density at radius 1 is 1.14 bits per heavy atom. The van der Waals surface area contributed by atoms with Gasteiger partial charge in [-0.2, -0.15) is 4.90 Å². The molecule has 9 nitrogen and oxygen atoms in total. The zero-order chi connectivity index (χ0) is 27.0. The molecule has 4 amide bonds. The number of phenols is 1. The van der Waals surface area contributed by atoms with E-state index in [0.29, 0.717) is 10.5 Å². The number of ether oxygens (including phenoxy) is 1. The molecule has 1 aliphatic heterocycles. The number of ketones is 2. The minimum atomic E-state index is -5.03. The topological polar surface area (TPSA) is 144 Å². The van der Waals surface area contributed by atoms with Gasteiger partial charge in [0.1, 0.15) is 11.5 Å². The number of likely N-dealkylation sites (tertiary alicyclic amines) is 1. The van der Waals surface area contributed by atoms with Gasteiger partial charge in [-0.3, -0.25) is 19.2 Å². The number of urea groups is 1. The molecule has 4 atom stereocenters. The Kier molecular flexibility index (Phi) is 5.39.